The standard InChI is InChI=1S/C16H22N2S2/c1-3-10-19-12-15-18-14(11-17-4-2)16(20-15)13-8-6-5-7-9-13/h5-9,17H,3-4,10-12H2,1-2H3. The van der Waals surface area contributed by atoms with Crippen LogP contribution < -0.4 is 5.32 Å². The Morgan fingerprint density at radius 1 is 1.20 bits per heavy atom. The van der Waals surface area contributed by atoms with E-state index in [0.29, 0.717) is 0 Å². The highest BCUT2D eigenvalue weighted by Gasteiger charge is 2.12. The average Bonchev–Trinajstić information content (AvgIpc) is 2.89. The molecule has 0 saturated carbocycles. The van der Waals surface area contributed by atoms with Gasteiger partial charge in [-0.2, -0.15) is 11.8 Å². The molecule has 0 fully saturated rings. The molecular weight excluding hydrogens is 284 g/mol. The molecule has 2 aromatic rings. The van der Waals surface area contributed by atoms with Crippen LogP contribution in [0.3, 0.4) is 0 Å². The van der Waals surface area contributed by atoms with Crippen molar-refractivity contribution in [3.8, 4) is 10.4 Å². The molecule has 2 nitrogen and oxygen atoms in total. The van der Waals surface area contributed by atoms with Crippen LogP contribution in [0.4, 0.5) is 0 Å². The molecule has 0 atom stereocenters. The van der Waals surface area contributed by atoms with Gasteiger partial charge in [0.05, 0.1) is 10.6 Å². The zero-order valence-corrected chi connectivity index (χ0v) is 13.8. The van der Waals surface area contributed by atoms with E-state index in [0.717, 1.165) is 18.8 Å². The second kappa shape index (κ2) is 8.45. The average molecular weight is 306 g/mol. The van der Waals surface area contributed by atoms with Gasteiger partial charge in [0.1, 0.15) is 5.01 Å². The molecule has 0 saturated heterocycles. The Kier molecular flexibility index (Phi) is 6.57. The van der Waals surface area contributed by atoms with Gasteiger partial charge in [0, 0.05) is 12.3 Å². The Balaban J connectivity index is 2.19. The number of rotatable bonds is 8. The van der Waals surface area contributed by atoms with E-state index in [2.05, 4.69) is 49.5 Å². The third-order valence-electron chi connectivity index (χ3n) is 2.89. The molecule has 0 amide bonds. The fraction of sp³-hybridized carbons (Fsp3) is 0.438. The number of hydrogen-bond acceptors (Lipinski definition) is 4. The maximum atomic E-state index is 4.83. The summed E-state index contributed by atoms with van der Waals surface area (Å²) in [5.74, 6) is 2.24. The van der Waals surface area contributed by atoms with E-state index in [4.69, 9.17) is 4.98 Å². The van der Waals surface area contributed by atoms with Crippen molar-refractivity contribution in [3.05, 3.63) is 41.0 Å². The van der Waals surface area contributed by atoms with E-state index in [1.54, 1.807) is 0 Å². The van der Waals surface area contributed by atoms with E-state index in [1.165, 1.54) is 33.3 Å². The minimum atomic E-state index is 0.857. The van der Waals surface area contributed by atoms with Crippen molar-refractivity contribution in [2.45, 2.75) is 32.6 Å². The second-order valence-corrected chi connectivity index (χ2v) is 6.77. The molecule has 0 aliphatic rings. The summed E-state index contributed by atoms with van der Waals surface area (Å²) in [6.07, 6.45) is 1.23. The van der Waals surface area contributed by atoms with Gasteiger partial charge in [-0.3, -0.25) is 0 Å². The highest BCUT2D eigenvalue weighted by atomic mass is 32.2. The van der Waals surface area contributed by atoms with Crippen molar-refractivity contribution in [1.82, 2.24) is 10.3 Å². The third-order valence-corrected chi connectivity index (χ3v) is 5.40. The summed E-state index contributed by atoms with van der Waals surface area (Å²) in [6.45, 7) is 6.19. The predicted molar refractivity (Wildman–Crippen MR) is 91.4 cm³/mol. The fourth-order valence-corrected chi connectivity index (χ4v) is 3.98. The number of nitrogens with zero attached hydrogens (tertiary/aromatic N) is 1. The van der Waals surface area contributed by atoms with Gasteiger partial charge in [0.25, 0.3) is 0 Å². The summed E-state index contributed by atoms with van der Waals surface area (Å²) in [4.78, 5) is 6.15. The smallest absolute Gasteiger partial charge is 0.103 e. The van der Waals surface area contributed by atoms with Crippen LogP contribution in [-0.4, -0.2) is 17.3 Å². The molecule has 1 N–H and O–H groups in total. The van der Waals surface area contributed by atoms with Crippen molar-refractivity contribution in [3.63, 3.8) is 0 Å². The highest BCUT2D eigenvalue weighted by molar-refractivity contribution is 7.98. The topological polar surface area (TPSA) is 24.9 Å². The van der Waals surface area contributed by atoms with Crippen LogP contribution >= 0.6 is 23.1 Å². The Hall–Kier alpha value is -0.840. The van der Waals surface area contributed by atoms with E-state index in [1.807, 2.05) is 23.1 Å². The summed E-state index contributed by atoms with van der Waals surface area (Å²) in [6, 6.07) is 10.6. The molecular formula is C16H22N2S2. The van der Waals surface area contributed by atoms with Crippen molar-refractivity contribution in [2.75, 3.05) is 12.3 Å². The summed E-state index contributed by atoms with van der Waals surface area (Å²) in [7, 11) is 0. The van der Waals surface area contributed by atoms with Crippen LogP contribution in [-0.2, 0) is 12.3 Å². The lowest BCUT2D eigenvalue weighted by Gasteiger charge is -2.02. The zero-order valence-electron chi connectivity index (χ0n) is 12.2. The summed E-state index contributed by atoms with van der Waals surface area (Å²) in [5, 5.41) is 4.64. The zero-order chi connectivity index (χ0) is 14.2. The molecule has 2 rings (SSSR count). The number of nitrogens with one attached hydrogen (secondary N) is 1. The second-order valence-electron chi connectivity index (χ2n) is 4.58. The van der Waals surface area contributed by atoms with Crippen molar-refractivity contribution < 1.29 is 0 Å². The monoisotopic (exact) mass is 306 g/mol. The molecule has 108 valence electrons. The summed E-state index contributed by atoms with van der Waals surface area (Å²) >= 11 is 3.82. The minimum Gasteiger partial charge on any atom is -0.311 e. The minimum absolute atomic E-state index is 0.857. The predicted octanol–water partition coefficient (Wildman–Crippen LogP) is 4.56. The molecule has 1 aromatic carbocycles. The largest absolute Gasteiger partial charge is 0.311 e. The molecule has 4 heteroatoms. The number of aromatic nitrogens is 1. The van der Waals surface area contributed by atoms with Crippen LogP contribution in [0.5, 0.6) is 0 Å². The lowest BCUT2D eigenvalue weighted by Crippen LogP contribution is -2.12. The molecule has 0 bridgehead atoms. The lowest BCUT2D eigenvalue weighted by molar-refractivity contribution is 0.714. The van der Waals surface area contributed by atoms with E-state index < -0.39 is 0 Å². The Morgan fingerprint density at radius 3 is 2.70 bits per heavy atom. The van der Waals surface area contributed by atoms with Gasteiger partial charge in [0.15, 0.2) is 0 Å². The van der Waals surface area contributed by atoms with Gasteiger partial charge in [-0.05, 0) is 24.3 Å². The fourth-order valence-electron chi connectivity index (χ4n) is 1.94. The van der Waals surface area contributed by atoms with Gasteiger partial charge in [-0.15, -0.1) is 11.3 Å². The summed E-state index contributed by atoms with van der Waals surface area (Å²) < 4.78 is 0. The van der Waals surface area contributed by atoms with Crippen LogP contribution in [0.2, 0.25) is 0 Å². The Morgan fingerprint density at radius 2 is 2.00 bits per heavy atom. The Bertz CT molecular complexity index is 508. The SMILES string of the molecule is CCCSCc1nc(CNCC)c(-c2ccccc2)s1. The molecule has 0 aliphatic carbocycles. The van der Waals surface area contributed by atoms with Crippen molar-refractivity contribution in [1.29, 1.82) is 0 Å². The first-order valence-electron chi connectivity index (χ1n) is 7.17. The highest BCUT2D eigenvalue weighted by Crippen LogP contribution is 2.32. The number of benzene rings is 1. The molecule has 0 spiro atoms. The number of hydrogen-bond donors (Lipinski definition) is 1. The molecule has 1 heterocycles. The quantitative estimate of drug-likeness (QED) is 0.724. The Labute approximate surface area is 130 Å². The first-order chi connectivity index (χ1) is 9.85. The third kappa shape index (κ3) is 4.33. The van der Waals surface area contributed by atoms with Gasteiger partial charge in [-0.1, -0.05) is 44.2 Å². The maximum Gasteiger partial charge on any atom is 0.103 e. The molecule has 20 heavy (non-hydrogen) atoms. The van der Waals surface area contributed by atoms with Crippen molar-refractivity contribution in [2.24, 2.45) is 0 Å². The number of thiazole rings is 1. The van der Waals surface area contributed by atoms with Crippen LogP contribution in [0.1, 0.15) is 31.0 Å². The van der Waals surface area contributed by atoms with Gasteiger partial charge >= 0.3 is 0 Å². The van der Waals surface area contributed by atoms with E-state index in [-0.39, 0.29) is 0 Å². The van der Waals surface area contributed by atoms with Crippen LogP contribution in [0.25, 0.3) is 10.4 Å². The molecule has 0 radical (unpaired) electrons. The first-order valence-corrected chi connectivity index (χ1v) is 9.14. The molecule has 0 aliphatic heterocycles. The molecule has 0 unspecified atom stereocenters. The van der Waals surface area contributed by atoms with Crippen LogP contribution in [0, 0.1) is 0 Å². The lowest BCUT2D eigenvalue weighted by atomic mass is 10.1. The van der Waals surface area contributed by atoms with Gasteiger partial charge in [-0.25, -0.2) is 4.98 Å². The normalized spacial score (nSPS) is 10.9. The first kappa shape index (κ1) is 15.5. The molecule has 1 aromatic heterocycles. The summed E-state index contributed by atoms with van der Waals surface area (Å²) in [5.41, 5.74) is 2.47. The van der Waals surface area contributed by atoms with Crippen molar-refractivity contribution >= 4 is 23.1 Å². The van der Waals surface area contributed by atoms with Gasteiger partial charge in [0.2, 0.25) is 0 Å². The number of thioether (sulfide) groups is 1. The van der Waals surface area contributed by atoms with E-state index in [9.17, 15) is 0 Å². The van der Waals surface area contributed by atoms with Crippen LogP contribution in [0.15, 0.2) is 30.3 Å². The maximum absolute atomic E-state index is 4.83. The van der Waals surface area contributed by atoms with Gasteiger partial charge < -0.3 is 5.32 Å². The van der Waals surface area contributed by atoms with E-state index >= 15 is 0 Å².